The van der Waals surface area contributed by atoms with Crippen molar-refractivity contribution >= 4 is 16.9 Å². The van der Waals surface area contributed by atoms with Gasteiger partial charge in [-0.1, -0.05) is 0 Å². The Morgan fingerprint density at radius 3 is 2.96 bits per heavy atom. The summed E-state index contributed by atoms with van der Waals surface area (Å²) >= 11 is 0. The topological polar surface area (TPSA) is 83.6 Å². The molecule has 0 radical (unpaired) electrons. The lowest BCUT2D eigenvalue weighted by atomic mass is 10.1. The predicted octanol–water partition coefficient (Wildman–Crippen LogP) is 2.68. The number of rotatable bonds is 4. The molecule has 4 rings (SSSR count). The molecule has 0 bridgehead atoms. The molecule has 0 aliphatic heterocycles. The third kappa shape index (κ3) is 2.73. The van der Waals surface area contributed by atoms with Crippen LogP contribution in [0.4, 0.5) is 4.39 Å². The summed E-state index contributed by atoms with van der Waals surface area (Å²) in [5, 5.41) is 2.96. The first-order valence-corrected chi connectivity index (χ1v) is 7.85. The van der Waals surface area contributed by atoms with E-state index in [2.05, 4.69) is 25.3 Å². The molecule has 1 saturated carbocycles. The van der Waals surface area contributed by atoms with E-state index in [1.54, 1.807) is 6.20 Å². The number of H-pyrrole nitrogens is 1. The number of amides is 1. The first-order valence-electron chi connectivity index (χ1n) is 7.85. The highest BCUT2D eigenvalue weighted by atomic mass is 19.1. The Hall–Kier alpha value is -2.83. The van der Waals surface area contributed by atoms with Crippen LogP contribution in [0.1, 0.15) is 40.8 Å². The molecule has 2 N–H and O–H groups in total. The highest BCUT2D eigenvalue weighted by Crippen LogP contribution is 2.40. The molecule has 24 heavy (non-hydrogen) atoms. The van der Waals surface area contributed by atoms with Crippen LogP contribution in [0.2, 0.25) is 0 Å². The van der Waals surface area contributed by atoms with Gasteiger partial charge in [-0.3, -0.25) is 4.79 Å². The van der Waals surface area contributed by atoms with Crippen molar-refractivity contribution in [1.29, 1.82) is 0 Å². The van der Waals surface area contributed by atoms with Gasteiger partial charge in [-0.25, -0.2) is 19.3 Å². The summed E-state index contributed by atoms with van der Waals surface area (Å²) in [7, 11) is 0. The highest BCUT2D eigenvalue weighted by molar-refractivity contribution is 6.04. The van der Waals surface area contributed by atoms with Crippen LogP contribution in [0.5, 0.6) is 0 Å². The van der Waals surface area contributed by atoms with E-state index in [4.69, 9.17) is 0 Å². The second kappa shape index (κ2) is 5.67. The number of carbonyl (C=O) groups is 1. The average molecular weight is 325 g/mol. The Morgan fingerprint density at radius 2 is 2.21 bits per heavy atom. The molecule has 0 spiro atoms. The fourth-order valence-corrected chi connectivity index (χ4v) is 2.85. The second-order valence-corrected chi connectivity index (χ2v) is 6.10. The molecule has 1 atom stereocenters. The molecule has 6 nitrogen and oxygen atoms in total. The fraction of sp³-hybridized carbons (Fsp3) is 0.294. The summed E-state index contributed by atoms with van der Waals surface area (Å²) in [6.45, 7) is 1.89. The number of halogens is 1. The van der Waals surface area contributed by atoms with Gasteiger partial charge >= 0.3 is 0 Å². The summed E-state index contributed by atoms with van der Waals surface area (Å²) in [4.78, 5) is 28.4. The predicted molar refractivity (Wildman–Crippen MR) is 85.8 cm³/mol. The number of hydrogen-bond donors (Lipinski definition) is 2. The first-order chi connectivity index (χ1) is 11.6. The molecule has 2 heterocycles. The zero-order valence-corrected chi connectivity index (χ0v) is 13.1. The highest BCUT2D eigenvalue weighted by Gasteiger charge is 2.35. The maximum Gasteiger partial charge on any atom is 0.254 e. The Balaban J connectivity index is 1.67. The maximum atomic E-state index is 13.8. The first kappa shape index (κ1) is 14.7. The number of hydrogen-bond acceptors (Lipinski definition) is 4. The summed E-state index contributed by atoms with van der Waals surface area (Å²) in [6, 6.07) is 4.07. The van der Waals surface area contributed by atoms with Gasteiger partial charge < -0.3 is 10.3 Å². The van der Waals surface area contributed by atoms with Gasteiger partial charge in [0.1, 0.15) is 11.3 Å². The van der Waals surface area contributed by atoms with Crippen molar-refractivity contribution in [1.82, 2.24) is 25.3 Å². The molecule has 1 amide bonds. The van der Waals surface area contributed by atoms with E-state index in [0.29, 0.717) is 22.8 Å². The van der Waals surface area contributed by atoms with Crippen molar-refractivity contribution in [2.45, 2.75) is 25.8 Å². The van der Waals surface area contributed by atoms with E-state index >= 15 is 0 Å². The van der Waals surface area contributed by atoms with E-state index in [0.717, 1.165) is 18.5 Å². The van der Waals surface area contributed by atoms with Gasteiger partial charge in [-0.15, -0.1) is 0 Å². The van der Waals surface area contributed by atoms with Gasteiger partial charge in [0.15, 0.2) is 5.82 Å². The van der Waals surface area contributed by atoms with Crippen LogP contribution >= 0.6 is 0 Å². The number of nitrogens with zero attached hydrogens (tertiary/aromatic N) is 3. The number of aromatic amines is 1. The molecule has 122 valence electrons. The van der Waals surface area contributed by atoms with Crippen LogP contribution in [0.15, 0.2) is 30.7 Å². The van der Waals surface area contributed by atoms with Crippen molar-refractivity contribution in [3.8, 4) is 0 Å². The minimum Gasteiger partial charge on any atom is -0.344 e. The zero-order valence-electron chi connectivity index (χ0n) is 13.1. The van der Waals surface area contributed by atoms with E-state index in [-0.39, 0.29) is 17.5 Å². The van der Waals surface area contributed by atoms with Crippen molar-refractivity contribution in [2.75, 3.05) is 0 Å². The molecule has 0 unspecified atom stereocenters. The smallest absolute Gasteiger partial charge is 0.254 e. The van der Waals surface area contributed by atoms with Crippen LogP contribution in [0.3, 0.4) is 0 Å². The molecule has 3 aromatic rings. The lowest BCUT2D eigenvalue weighted by molar-refractivity contribution is 0.0930. The molecule has 1 aromatic carbocycles. The number of nitrogens with one attached hydrogen (secondary N) is 2. The SMILES string of the molecule is Cc1ccnc([C@H](NC(=O)c2cc(F)cc3[nH]cnc23)C2CC2)n1. The Labute approximate surface area is 137 Å². The Bertz CT molecular complexity index is 918. The quantitative estimate of drug-likeness (QED) is 0.772. The van der Waals surface area contributed by atoms with Crippen molar-refractivity contribution in [2.24, 2.45) is 5.92 Å². The van der Waals surface area contributed by atoms with Crippen molar-refractivity contribution in [3.63, 3.8) is 0 Å². The second-order valence-electron chi connectivity index (χ2n) is 6.10. The van der Waals surface area contributed by atoms with Gasteiger partial charge in [0.25, 0.3) is 5.91 Å². The minimum atomic E-state index is -0.480. The lowest BCUT2D eigenvalue weighted by Crippen LogP contribution is -2.31. The van der Waals surface area contributed by atoms with Gasteiger partial charge in [0.2, 0.25) is 0 Å². The third-order valence-electron chi connectivity index (χ3n) is 4.20. The number of carbonyl (C=O) groups excluding carboxylic acids is 1. The van der Waals surface area contributed by atoms with E-state index in [1.165, 1.54) is 18.5 Å². The third-order valence-corrected chi connectivity index (χ3v) is 4.20. The zero-order chi connectivity index (χ0) is 16.7. The normalized spacial score (nSPS) is 15.4. The fourth-order valence-electron chi connectivity index (χ4n) is 2.85. The molecule has 1 fully saturated rings. The van der Waals surface area contributed by atoms with Gasteiger partial charge in [0.05, 0.1) is 23.4 Å². The molecule has 7 heteroatoms. The van der Waals surface area contributed by atoms with Crippen molar-refractivity contribution in [3.05, 3.63) is 53.6 Å². The van der Waals surface area contributed by atoms with E-state index in [1.807, 2.05) is 13.0 Å². The number of benzene rings is 1. The maximum absolute atomic E-state index is 13.8. The van der Waals surface area contributed by atoms with E-state index in [9.17, 15) is 9.18 Å². The van der Waals surface area contributed by atoms with Crippen LogP contribution in [0, 0.1) is 18.7 Å². The van der Waals surface area contributed by atoms with Crippen LogP contribution in [-0.2, 0) is 0 Å². The van der Waals surface area contributed by atoms with E-state index < -0.39 is 5.82 Å². The Kier molecular flexibility index (Phi) is 3.48. The molecular formula is C17H16FN5O. The molecular weight excluding hydrogens is 309 g/mol. The van der Waals surface area contributed by atoms with Crippen LogP contribution in [-0.4, -0.2) is 25.8 Å². The largest absolute Gasteiger partial charge is 0.344 e. The summed E-state index contributed by atoms with van der Waals surface area (Å²) in [5.74, 6) is 0.0693. The lowest BCUT2D eigenvalue weighted by Gasteiger charge is -2.17. The molecule has 0 saturated heterocycles. The monoisotopic (exact) mass is 325 g/mol. The van der Waals surface area contributed by atoms with Crippen molar-refractivity contribution < 1.29 is 9.18 Å². The number of imidazole rings is 1. The molecule has 1 aliphatic carbocycles. The number of aryl methyl sites for hydroxylation is 1. The van der Waals surface area contributed by atoms with Crippen LogP contribution < -0.4 is 5.32 Å². The molecule has 2 aromatic heterocycles. The summed E-state index contributed by atoms with van der Waals surface area (Å²) in [6.07, 6.45) is 5.17. The summed E-state index contributed by atoms with van der Waals surface area (Å²) < 4.78 is 13.8. The average Bonchev–Trinajstić information content (AvgIpc) is 3.29. The number of aromatic nitrogens is 4. The standard InChI is InChI=1S/C17H16FN5O/c1-9-4-5-19-16(22-9)14(10-2-3-10)23-17(24)12-6-11(18)7-13-15(12)21-8-20-13/h4-8,10,14H,2-3H2,1H3,(H,20,21)(H,23,24)/t14-/m1/s1. The Morgan fingerprint density at radius 1 is 1.38 bits per heavy atom. The number of fused-ring (bicyclic) bond motifs is 1. The van der Waals surface area contributed by atoms with Gasteiger partial charge in [-0.2, -0.15) is 0 Å². The van der Waals surface area contributed by atoms with Gasteiger partial charge in [-0.05, 0) is 43.9 Å². The van der Waals surface area contributed by atoms with Crippen LogP contribution in [0.25, 0.3) is 11.0 Å². The molecule has 1 aliphatic rings. The minimum absolute atomic E-state index is 0.213. The summed E-state index contributed by atoms with van der Waals surface area (Å²) in [5.41, 5.74) is 2.01. The van der Waals surface area contributed by atoms with Gasteiger partial charge in [0, 0.05) is 11.9 Å².